The second-order valence-electron chi connectivity index (χ2n) is 8.38. The van der Waals surface area contributed by atoms with E-state index in [0.717, 1.165) is 63.3 Å². The standard InChI is InChI=1S/C22H31N5O2/c1-17(2)25-11-13-26(14-12-25)22(28)18-3-7-20(8-4-18)29-21-9-5-19(6-10-21)27-16-23-15-24-27/h5-6,9-10,15-18,20H,3-4,7-8,11-14H2,1-2H3/t18-,20-. The van der Waals surface area contributed by atoms with Crippen LogP contribution < -0.4 is 4.74 Å². The van der Waals surface area contributed by atoms with Crippen LogP contribution in [0.4, 0.5) is 0 Å². The van der Waals surface area contributed by atoms with Crippen LogP contribution in [-0.4, -0.2) is 68.8 Å². The van der Waals surface area contributed by atoms with Crippen LogP contribution in [0.25, 0.3) is 5.69 Å². The summed E-state index contributed by atoms with van der Waals surface area (Å²) in [5, 5.41) is 4.13. The van der Waals surface area contributed by atoms with E-state index in [-0.39, 0.29) is 12.0 Å². The predicted octanol–water partition coefficient (Wildman–Crippen LogP) is 2.76. The quantitative estimate of drug-likeness (QED) is 0.776. The molecule has 1 aliphatic carbocycles. The van der Waals surface area contributed by atoms with Crippen molar-refractivity contribution in [1.82, 2.24) is 24.6 Å². The molecule has 2 heterocycles. The molecule has 2 aromatic rings. The first kappa shape index (κ1) is 19.9. The fourth-order valence-electron chi connectivity index (χ4n) is 4.36. The van der Waals surface area contributed by atoms with Crippen molar-refractivity contribution in [2.45, 2.75) is 51.7 Å². The molecule has 0 radical (unpaired) electrons. The number of ether oxygens (including phenoxy) is 1. The summed E-state index contributed by atoms with van der Waals surface area (Å²) < 4.78 is 7.89. The normalized spacial score (nSPS) is 23.3. The zero-order valence-corrected chi connectivity index (χ0v) is 17.4. The van der Waals surface area contributed by atoms with E-state index in [4.69, 9.17) is 4.74 Å². The van der Waals surface area contributed by atoms with Crippen molar-refractivity contribution < 1.29 is 9.53 Å². The van der Waals surface area contributed by atoms with Crippen molar-refractivity contribution in [3.8, 4) is 11.4 Å². The molecule has 1 saturated heterocycles. The summed E-state index contributed by atoms with van der Waals surface area (Å²) >= 11 is 0. The van der Waals surface area contributed by atoms with Gasteiger partial charge in [-0.2, -0.15) is 5.10 Å². The average Bonchev–Trinajstić information content (AvgIpc) is 3.29. The molecule has 156 valence electrons. The Labute approximate surface area is 172 Å². The number of hydrogen-bond donors (Lipinski definition) is 0. The Morgan fingerprint density at radius 3 is 2.31 bits per heavy atom. The van der Waals surface area contributed by atoms with Crippen molar-refractivity contribution in [3.05, 3.63) is 36.9 Å². The van der Waals surface area contributed by atoms with Crippen LogP contribution in [0.5, 0.6) is 5.75 Å². The van der Waals surface area contributed by atoms with Crippen molar-refractivity contribution in [2.24, 2.45) is 5.92 Å². The molecular weight excluding hydrogens is 366 g/mol. The number of nitrogens with zero attached hydrogens (tertiary/aromatic N) is 5. The third-order valence-corrected chi connectivity index (χ3v) is 6.20. The average molecular weight is 398 g/mol. The highest BCUT2D eigenvalue weighted by molar-refractivity contribution is 5.79. The highest BCUT2D eigenvalue weighted by Gasteiger charge is 2.32. The molecule has 2 fully saturated rings. The lowest BCUT2D eigenvalue weighted by molar-refractivity contribution is -0.139. The van der Waals surface area contributed by atoms with Crippen LogP contribution in [0.1, 0.15) is 39.5 Å². The fraction of sp³-hybridized carbons (Fsp3) is 0.591. The highest BCUT2D eigenvalue weighted by Crippen LogP contribution is 2.29. The molecule has 0 atom stereocenters. The van der Waals surface area contributed by atoms with Gasteiger partial charge in [-0.3, -0.25) is 9.69 Å². The molecule has 1 saturated carbocycles. The first-order valence-corrected chi connectivity index (χ1v) is 10.7. The Hall–Kier alpha value is -2.41. The van der Waals surface area contributed by atoms with Gasteiger partial charge in [0.05, 0.1) is 11.8 Å². The lowest BCUT2D eigenvalue weighted by Crippen LogP contribution is -2.52. The van der Waals surface area contributed by atoms with E-state index in [1.54, 1.807) is 11.0 Å². The molecule has 0 bridgehead atoms. The highest BCUT2D eigenvalue weighted by atomic mass is 16.5. The monoisotopic (exact) mass is 397 g/mol. The fourth-order valence-corrected chi connectivity index (χ4v) is 4.36. The van der Waals surface area contributed by atoms with E-state index < -0.39 is 0 Å². The predicted molar refractivity (Wildman–Crippen MR) is 111 cm³/mol. The van der Waals surface area contributed by atoms with E-state index in [1.165, 1.54) is 6.33 Å². The molecule has 0 unspecified atom stereocenters. The van der Waals surface area contributed by atoms with Gasteiger partial charge in [0, 0.05) is 38.1 Å². The lowest BCUT2D eigenvalue weighted by atomic mass is 9.86. The molecule has 0 N–H and O–H groups in total. The summed E-state index contributed by atoms with van der Waals surface area (Å²) in [6.45, 7) is 8.16. The van der Waals surface area contributed by atoms with Crippen LogP contribution in [0.3, 0.4) is 0 Å². The molecule has 2 aliphatic rings. The van der Waals surface area contributed by atoms with Crippen LogP contribution >= 0.6 is 0 Å². The van der Waals surface area contributed by atoms with Gasteiger partial charge in [-0.25, -0.2) is 9.67 Å². The minimum atomic E-state index is 0.162. The number of carbonyl (C=O) groups is 1. The SMILES string of the molecule is CC(C)N1CCN(C(=O)[C@H]2CC[C@H](Oc3ccc(-n4cncn4)cc3)CC2)CC1. The summed E-state index contributed by atoms with van der Waals surface area (Å²) in [6, 6.07) is 8.47. The first-order valence-electron chi connectivity index (χ1n) is 10.7. The number of amides is 1. The third kappa shape index (κ3) is 4.78. The zero-order chi connectivity index (χ0) is 20.2. The second-order valence-corrected chi connectivity index (χ2v) is 8.38. The Balaban J connectivity index is 1.24. The first-order chi connectivity index (χ1) is 14.1. The smallest absolute Gasteiger partial charge is 0.225 e. The Morgan fingerprint density at radius 2 is 1.72 bits per heavy atom. The van der Waals surface area contributed by atoms with Gasteiger partial charge in [0.1, 0.15) is 18.4 Å². The Kier molecular flexibility index (Phi) is 6.13. The summed E-state index contributed by atoms with van der Waals surface area (Å²) in [5.74, 6) is 1.38. The van der Waals surface area contributed by atoms with Gasteiger partial charge in [-0.05, 0) is 63.8 Å². The van der Waals surface area contributed by atoms with Gasteiger partial charge in [0.25, 0.3) is 0 Å². The molecule has 0 spiro atoms. The molecule has 1 aliphatic heterocycles. The largest absolute Gasteiger partial charge is 0.490 e. The topological polar surface area (TPSA) is 63.5 Å². The maximum atomic E-state index is 12.9. The van der Waals surface area contributed by atoms with Gasteiger partial charge in [-0.15, -0.1) is 0 Å². The Morgan fingerprint density at radius 1 is 1.03 bits per heavy atom. The molecule has 1 aromatic heterocycles. The molecule has 29 heavy (non-hydrogen) atoms. The Bertz CT molecular complexity index is 774. The molecule has 4 rings (SSSR count). The summed E-state index contributed by atoms with van der Waals surface area (Å²) in [7, 11) is 0. The van der Waals surface area contributed by atoms with Gasteiger partial charge in [0.15, 0.2) is 0 Å². The lowest BCUT2D eigenvalue weighted by Gasteiger charge is -2.39. The van der Waals surface area contributed by atoms with Crippen molar-refractivity contribution in [1.29, 1.82) is 0 Å². The molecule has 7 heteroatoms. The van der Waals surface area contributed by atoms with Crippen molar-refractivity contribution >= 4 is 5.91 Å². The van der Waals surface area contributed by atoms with Crippen LogP contribution in [0.15, 0.2) is 36.9 Å². The zero-order valence-electron chi connectivity index (χ0n) is 17.4. The number of piperazine rings is 1. The second kappa shape index (κ2) is 8.95. The number of aromatic nitrogens is 3. The molecule has 1 amide bonds. The van der Waals surface area contributed by atoms with Crippen molar-refractivity contribution in [2.75, 3.05) is 26.2 Å². The molecular formula is C22H31N5O2. The number of hydrogen-bond acceptors (Lipinski definition) is 5. The van der Waals surface area contributed by atoms with Gasteiger partial charge < -0.3 is 9.64 Å². The third-order valence-electron chi connectivity index (χ3n) is 6.20. The van der Waals surface area contributed by atoms with E-state index >= 15 is 0 Å². The molecule has 7 nitrogen and oxygen atoms in total. The molecule has 1 aromatic carbocycles. The van der Waals surface area contributed by atoms with Gasteiger partial charge >= 0.3 is 0 Å². The van der Waals surface area contributed by atoms with Gasteiger partial charge in [0.2, 0.25) is 5.91 Å². The van der Waals surface area contributed by atoms with Crippen LogP contribution in [0.2, 0.25) is 0 Å². The maximum absolute atomic E-state index is 12.9. The number of rotatable bonds is 5. The summed E-state index contributed by atoms with van der Waals surface area (Å²) in [6.07, 6.45) is 7.11. The maximum Gasteiger partial charge on any atom is 0.225 e. The summed E-state index contributed by atoms with van der Waals surface area (Å²) in [4.78, 5) is 21.4. The van der Waals surface area contributed by atoms with Crippen LogP contribution in [0, 0.1) is 5.92 Å². The minimum Gasteiger partial charge on any atom is -0.490 e. The number of benzene rings is 1. The van der Waals surface area contributed by atoms with E-state index in [1.807, 2.05) is 24.3 Å². The van der Waals surface area contributed by atoms with Crippen LogP contribution in [-0.2, 0) is 4.79 Å². The van der Waals surface area contributed by atoms with E-state index in [0.29, 0.717) is 11.9 Å². The van der Waals surface area contributed by atoms with Crippen molar-refractivity contribution in [3.63, 3.8) is 0 Å². The van der Waals surface area contributed by atoms with E-state index in [2.05, 4.69) is 33.7 Å². The number of carbonyl (C=O) groups excluding carboxylic acids is 1. The summed E-state index contributed by atoms with van der Waals surface area (Å²) in [5.41, 5.74) is 0.960. The minimum absolute atomic E-state index is 0.162. The van der Waals surface area contributed by atoms with E-state index in [9.17, 15) is 4.79 Å². The van der Waals surface area contributed by atoms with Gasteiger partial charge in [-0.1, -0.05) is 0 Å².